The molecule has 1 aromatic carbocycles. The molecule has 0 saturated heterocycles. The van der Waals surface area contributed by atoms with E-state index in [4.69, 9.17) is 5.73 Å². The Balaban J connectivity index is 2.23. The minimum absolute atomic E-state index is 0.0537. The summed E-state index contributed by atoms with van der Waals surface area (Å²) >= 11 is 0. The summed E-state index contributed by atoms with van der Waals surface area (Å²) in [6, 6.07) is 7.60. The molecule has 88 valence electrons. The lowest BCUT2D eigenvalue weighted by Crippen LogP contribution is -2.31. The van der Waals surface area contributed by atoms with Crippen LogP contribution in [0.3, 0.4) is 0 Å². The van der Waals surface area contributed by atoms with Crippen molar-refractivity contribution in [1.82, 2.24) is 0 Å². The zero-order chi connectivity index (χ0) is 11.8. The van der Waals surface area contributed by atoms with Gasteiger partial charge >= 0.3 is 0 Å². The predicted molar refractivity (Wildman–Crippen MR) is 60.7 cm³/mol. The van der Waals surface area contributed by atoms with Gasteiger partial charge in [0.15, 0.2) is 0 Å². The van der Waals surface area contributed by atoms with Crippen LogP contribution in [0.15, 0.2) is 24.3 Å². The van der Waals surface area contributed by atoms with E-state index in [0.29, 0.717) is 5.56 Å². The Morgan fingerprint density at radius 1 is 1.38 bits per heavy atom. The molecule has 1 fully saturated rings. The lowest BCUT2D eigenvalue weighted by Gasteiger charge is -2.20. The van der Waals surface area contributed by atoms with Crippen molar-refractivity contribution < 1.29 is 8.78 Å². The van der Waals surface area contributed by atoms with E-state index < -0.39 is 6.43 Å². The maximum atomic E-state index is 12.3. The fourth-order valence-electron chi connectivity index (χ4n) is 2.33. The van der Waals surface area contributed by atoms with Crippen LogP contribution in [0.4, 0.5) is 8.78 Å². The van der Waals surface area contributed by atoms with Crippen molar-refractivity contribution in [3.05, 3.63) is 35.4 Å². The van der Waals surface area contributed by atoms with Crippen LogP contribution in [-0.2, 0) is 11.8 Å². The number of rotatable bonds is 4. The van der Waals surface area contributed by atoms with Crippen LogP contribution in [0.1, 0.15) is 30.9 Å². The van der Waals surface area contributed by atoms with Crippen molar-refractivity contribution in [2.45, 2.75) is 44.1 Å². The summed E-state index contributed by atoms with van der Waals surface area (Å²) in [6.45, 7) is 1.99. The number of hydrogen-bond acceptors (Lipinski definition) is 1. The molecule has 1 aromatic rings. The monoisotopic (exact) mass is 225 g/mol. The molecule has 3 heteroatoms. The van der Waals surface area contributed by atoms with Crippen LogP contribution in [0, 0.1) is 0 Å². The number of hydrogen-bond donors (Lipinski definition) is 1. The third kappa shape index (κ3) is 2.09. The van der Waals surface area contributed by atoms with Gasteiger partial charge in [-0.2, -0.15) is 0 Å². The van der Waals surface area contributed by atoms with Gasteiger partial charge < -0.3 is 5.73 Å². The Kier molecular flexibility index (Phi) is 2.98. The van der Waals surface area contributed by atoms with Gasteiger partial charge in [0.2, 0.25) is 6.43 Å². The Bertz CT molecular complexity index is 370. The van der Waals surface area contributed by atoms with Crippen LogP contribution >= 0.6 is 0 Å². The van der Waals surface area contributed by atoms with Crippen molar-refractivity contribution in [3.63, 3.8) is 0 Å². The molecule has 0 bridgehead atoms. The molecule has 1 aliphatic carbocycles. The van der Waals surface area contributed by atoms with Crippen molar-refractivity contribution in [2.75, 3.05) is 0 Å². The molecular formula is C13H17F2N. The molecule has 1 atom stereocenters. The van der Waals surface area contributed by atoms with E-state index in [1.165, 1.54) is 0 Å². The zero-order valence-corrected chi connectivity index (χ0v) is 9.42. The fraction of sp³-hybridized carbons (Fsp3) is 0.538. The van der Waals surface area contributed by atoms with Crippen LogP contribution in [0.2, 0.25) is 0 Å². The largest absolute Gasteiger partial charge is 0.327 e. The van der Waals surface area contributed by atoms with Crippen molar-refractivity contribution in [2.24, 2.45) is 5.73 Å². The highest BCUT2D eigenvalue weighted by atomic mass is 19.3. The number of nitrogens with two attached hydrogens (primary N) is 1. The van der Waals surface area contributed by atoms with Gasteiger partial charge in [0.1, 0.15) is 0 Å². The van der Waals surface area contributed by atoms with Crippen molar-refractivity contribution >= 4 is 0 Å². The lowest BCUT2D eigenvalue weighted by molar-refractivity contribution is 0.149. The smallest absolute Gasteiger partial charge is 0.242 e. The van der Waals surface area contributed by atoms with Gasteiger partial charge in [0.05, 0.1) is 0 Å². The molecule has 0 aliphatic heterocycles. The standard InChI is InChI=1S/C13H17F2N/c1-9(16)13(5-6-13)11-4-2-3-10(7-11)8-12(14)15/h2-4,7,9,12H,5-6,8,16H2,1H3. The highest BCUT2D eigenvalue weighted by molar-refractivity contribution is 5.36. The van der Waals surface area contributed by atoms with E-state index in [1.807, 2.05) is 25.1 Å². The average molecular weight is 225 g/mol. The Hall–Kier alpha value is -0.960. The van der Waals surface area contributed by atoms with E-state index in [0.717, 1.165) is 18.4 Å². The molecule has 0 amide bonds. The summed E-state index contributed by atoms with van der Waals surface area (Å²) in [7, 11) is 0. The lowest BCUT2D eigenvalue weighted by atomic mass is 9.88. The third-order valence-corrected chi connectivity index (χ3v) is 3.55. The summed E-state index contributed by atoms with van der Waals surface area (Å²) < 4.78 is 24.6. The van der Waals surface area contributed by atoms with Gasteiger partial charge in [-0.05, 0) is 30.9 Å². The first kappa shape index (κ1) is 11.5. The molecule has 2 N–H and O–H groups in total. The van der Waals surface area contributed by atoms with Crippen LogP contribution in [0.25, 0.3) is 0 Å². The Morgan fingerprint density at radius 3 is 2.56 bits per heavy atom. The number of halogens is 2. The van der Waals surface area contributed by atoms with Gasteiger partial charge in [0, 0.05) is 17.9 Å². The van der Waals surface area contributed by atoms with Crippen LogP contribution < -0.4 is 5.73 Å². The van der Waals surface area contributed by atoms with Gasteiger partial charge in [-0.1, -0.05) is 24.3 Å². The molecular weight excluding hydrogens is 208 g/mol. The second kappa shape index (κ2) is 4.13. The summed E-state index contributed by atoms with van der Waals surface area (Å²) in [5, 5.41) is 0. The maximum absolute atomic E-state index is 12.3. The second-order valence-corrected chi connectivity index (χ2v) is 4.74. The van der Waals surface area contributed by atoms with Gasteiger partial charge in [0.25, 0.3) is 0 Å². The first-order valence-corrected chi connectivity index (χ1v) is 5.68. The van der Waals surface area contributed by atoms with E-state index in [1.54, 1.807) is 6.07 Å². The topological polar surface area (TPSA) is 26.0 Å². The molecule has 1 saturated carbocycles. The zero-order valence-electron chi connectivity index (χ0n) is 9.42. The molecule has 1 nitrogen and oxygen atoms in total. The van der Waals surface area contributed by atoms with E-state index >= 15 is 0 Å². The molecule has 2 rings (SSSR count). The van der Waals surface area contributed by atoms with Gasteiger partial charge in [-0.25, -0.2) is 8.78 Å². The van der Waals surface area contributed by atoms with Gasteiger partial charge in [-0.3, -0.25) is 0 Å². The number of benzene rings is 1. The molecule has 0 heterocycles. The maximum Gasteiger partial charge on any atom is 0.242 e. The second-order valence-electron chi connectivity index (χ2n) is 4.74. The Morgan fingerprint density at radius 2 is 2.06 bits per heavy atom. The fourth-order valence-corrected chi connectivity index (χ4v) is 2.33. The van der Waals surface area contributed by atoms with Crippen LogP contribution in [0.5, 0.6) is 0 Å². The summed E-state index contributed by atoms with van der Waals surface area (Å²) in [4.78, 5) is 0. The third-order valence-electron chi connectivity index (χ3n) is 3.55. The quantitative estimate of drug-likeness (QED) is 0.837. The summed E-state index contributed by atoms with van der Waals surface area (Å²) in [5.41, 5.74) is 7.85. The van der Waals surface area contributed by atoms with E-state index in [-0.39, 0.29) is 17.9 Å². The molecule has 1 unspecified atom stereocenters. The molecule has 16 heavy (non-hydrogen) atoms. The molecule has 1 aliphatic rings. The van der Waals surface area contributed by atoms with Gasteiger partial charge in [-0.15, -0.1) is 0 Å². The van der Waals surface area contributed by atoms with Crippen LogP contribution in [-0.4, -0.2) is 12.5 Å². The average Bonchev–Trinajstić information content (AvgIpc) is 2.97. The number of alkyl halides is 2. The summed E-state index contributed by atoms with van der Waals surface area (Å²) in [6.07, 6.45) is -0.297. The minimum Gasteiger partial charge on any atom is -0.327 e. The van der Waals surface area contributed by atoms with Crippen molar-refractivity contribution in [3.8, 4) is 0 Å². The first-order chi connectivity index (χ1) is 7.54. The summed E-state index contributed by atoms with van der Waals surface area (Å²) in [5.74, 6) is 0. The predicted octanol–water partition coefficient (Wildman–Crippen LogP) is 2.87. The highest BCUT2D eigenvalue weighted by Gasteiger charge is 2.47. The molecule has 0 aromatic heterocycles. The first-order valence-electron chi connectivity index (χ1n) is 5.68. The minimum atomic E-state index is -2.28. The van der Waals surface area contributed by atoms with Crippen molar-refractivity contribution in [1.29, 1.82) is 0 Å². The Labute approximate surface area is 94.7 Å². The molecule has 0 radical (unpaired) electrons. The normalized spacial score (nSPS) is 19.8. The van der Waals surface area contributed by atoms with E-state index in [2.05, 4.69) is 0 Å². The molecule has 0 spiro atoms. The highest BCUT2D eigenvalue weighted by Crippen LogP contribution is 2.50. The van der Waals surface area contributed by atoms with E-state index in [9.17, 15) is 8.78 Å². The SMILES string of the molecule is CC(N)C1(c2cccc(CC(F)F)c2)CC1.